The molecule has 1 heterocycles. The zero-order valence-electron chi connectivity index (χ0n) is 8.49. The highest BCUT2D eigenvalue weighted by atomic mass is 16.1. The van der Waals surface area contributed by atoms with Crippen LogP contribution in [0.1, 0.15) is 31.9 Å². The molecule has 0 aliphatic carbocycles. The Balaban J connectivity index is 2.34. The lowest BCUT2D eigenvalue weighted by molar-refractivity contribution is -0.120. The molecule has 1 aromatic rings. The van der Waals surface area contributed by atoms with Crippen LogP contribution in [-0.2, 0) is 11.2 Å². The third-order valence-corrected chi connectivity index (χ3v) is 2.17. The number of hydrogen-bond donors (Lipinski definition) is 2. The number of nitrogens with zero attached hydrogens (tertiary/aromatic N) is 1. The van der Waals surface area contributed by atoms with Crippen molar-refractivity contribution in [2.45, 2.75) is 38.6 Å². The fourth-order valence-corrected chi connectivity index (χ4v) is 1.28. The number of nitrogens with one attached hydrogen (secondary N) is 1. The summed E-state index contributed by atoms with van der Waals surface area (Å²) < 4.78 is 0. The Hall–Kier alpha value is -1.16. The normalized spacial score (nSPS) is 12.7. The van der Waals surface area contributed by atoms with Crippen molar-refractivity contribution in [1.29, 1.82) is 0 Å². The van der Waals surface area contributed by atoms with Gasteiger partial charge in [-0.05, 0) is 6.42 Å². The van der Waals surface area contributed by atoms with Crippen LogP contribution in [0.4, 0.5) is 0 Å². The fraction of sp³-hybridized carbons (Fsp3) is 0.600. The molecule has 0 bridgehead atoms. The molecule has 0 aromatic carbocycles. The van der Waals surface area contributed by atoms with Gasteiger partial charge in [-0.25, -0.2) is 4.98 Å². The first-order chi connectivity index (χ1) is 6.74. The van der Waals surface area contributed by atoms with Crippen molar-refractivity contribution in [3.8, 4) is 0 Å². The van der Waals surface area contributed by atoms with Gasteiger partial charge in [-0.1, -0.05) is 13.3 Å². The number of aromatic amines is 1. The van der Waals surface area contributed by atoms with Gasteiger partial charge in [0.1, 0.15) is 5.78 Å². The molecule has 4 nitrogen and oxygen atoms in total. The number of Topliss-reactive ketones (excluding diaryl/α,β-unsaturated/α-hetero) is 1. The molecule has 0 aliphatic rings. The van der Waals surface area contributed by atoms with E-state index in [4.69, 9.17) is 5.73 Å². The predicted octanol–water partition coefficient (Wildman–Crippen LogP) is 1.04. The van der Waals surface area contributed by atoms with Crippen LogP contribution in [0.15, 0.2) is 12.5 Å². The number of rotatable bonds is 6. The van der Waals surface area contributed by atoms with E-state index in [0.717, 1.165) is 18.5 Å². The van der Waals surface area contributed by atoms with Crippen molar-refractivity contribution in [2.24, 2.45) is 5.73 Å². The molecule has 0 amide bonds. The van der Waals surface area contributed by atoms with E-state index < -0.39 is 6.04 Å². The van der Waals surface area contributed by atoms with Gasteiger partial charge in [0, 0.05) is 19.0 Å². The number of ketones is 1. The van der Waals surface area contributed by atoms with Crippen LogP contribution in [0.2, 0.25) is 0 Å². The molecule has 0 saturated carbocycles. The van der Waals surface area contributed by atoms with Gasteiger partial charge in [-0.2, -0.15) is 0 Å². The summed E-state index contributed by atoms with van der Waals surface area (Å²) in [5, 5.41) is 0. The van der Waals surface area contributed by atoms with Crippen molar-refractivity contribution < 1.29 is 4.79 Å². The van der Waals surface area contributed by atoms with Gasteiger partial charge < -0.3 is 10.7 Å². The number of carbonyl (C=O) groups excluding carboxylic acids is 1. The summed E-state index contributed by atoms with van der Waals surface area (Å²) >= 11 is 0. The lowest BCUT2D eigenvalue weighted by Crippen LogP contribution is -2.32. The minimum atomic E-state index is -0.398. The fourth-order valence-electron chi connectivity index (χ4n) is 1.28. The molecule has 4 heteroatoms. The monoisotopic (exact) mass is 195 g/mol. The quantitative estimate of drug-likeness (QED) is 0.712. The Morgan fingerprint density at radius 1 is 1.71 bits per heavy atom. The van der Waals surface area contributed by atoms with E-state index in [0.29, 0.717) is 12.8 Å². The highest BCUT2D eigenvalue weighted by molar-refractivity contribution is 5.83. The van der Waals surface area contributed by atoms with E-state index in [-0.39, 0.29) is 5.78 Å². The molecule has 0 spiro atoms. The summed E-state index contributed by atoms with van der Waals surface area (Å²) in [6.07, 6.45) is 6.44. The number of H-pyrrole nitrogens is 1. The topological polar surface area (TPSA) is 71.8 Å². The Morgan fingerprint density at radius 2 is 2.50 bits per heavy atom. The molecule has 14 heavy (non-hydrogen) atoms. The number of aromatic nitrogens is 2. The highest BCUT2D eigenvalue weighted by Crippen LogP contribution is 2.02. The molecule has 1 aromatic heterocycles. The van der Waals surface area contributed by atoms with Crippen LogP contribution in [0, 0.1) is 0 Å². The maximum atomic E-state index is 11.5. The van der Waals surface area contributed by atoms with Crippen LogP contribution in [0.25, 0.3) is 0 Å². The molecule has 0 radical (unpaired) electrons. The van der Waals surface area contributed by atoms with Gasteiger partial charge in [-0.3, -0.25) is 4.79 Å². The highest BCUT2D eigenvalue weighted by Gasteiger charge is 2.13. The van der Waals surface area contributed by atoms with E-state index >= 15 is 0 Å². The average Bonchev–Trinajstić information content (AvgIpc) is 2.66. The van der Waals surface area contributed by atoms with Gasteiger partial charge in [0.2, 0.25) is 0 Å². The number of carbonyl (C=O) groups is 1. The van der Waals surface area contributed by atoms with Crippen LogP contribution in [-0.4, -0.2) is 21.8 Å². The van der Waals surface area contributed by atoms with Crippen LogP contribution in [0.3, 0.4) is 0 Å². The van der Waals surface area contributed by atoms with E-state index in [1.165, 1.54) is 0 Å². The zero-order valence-corrected chi connectivity index (χ0v) is 8.49. The number of imidazole rings is 1. The Morgan fingerprint density at radius 3 is 3.07 bits per heavy atom. The van der Waals surface area contributed by atoms with Crippen molar-refractivity contribution in [1.82, 2.24) is 9.97 Å². The first kappa shape index (κ1) is 10.9. The number of unbranched alkanes of at least 4 members (excludes halogenated alkanes) is 1. The summed E-state index contributed by atoms with van der Waals surface area (Å²) in [5.41, 5.74) is 6.60. The first-order valence-corrected chi connectivity index (χ1v) is 5.00. The van der Waals surface area contributed by atoms with Gasteiger partial charge >= 0.3 is 0 Å². The van der Waals surface area contributed by atoms with E-state index in [1.807, 2.05) is 0 Å². The van der Waals surface area contributed by atoms with Crippen molar-refractivity contribution in [3.05, 3.63) is 18.2 Å². The maximum absolute atomic E-state index is 11.5. The SMILES string of the molecule is CCCCC(=O)[C@@H](N)Cc1c[nH]cn1. The first-order valence-electron chi connectivity index (χ1n) is 5.00. The summed E-state index contributed by atoms with van der Waals surface area (Å²) in [4.78, 5) is 18.3. The van der Waals surface area contributed by atoms with Gasteiger partial charge in [0.05, 0.1) is 18.1 Å². The molecule has 1 atom stereocenters. The zero-order chi connectivity index (χ0) is 10.4. The lowest BCUT2D eigenvalue weighted by Gasteiger charge is -2.07. The molecule has 0 unspecified atom stereocenters. The number of nitrogens with two attached hydrogens (primary N) is 1. The van der Waals surface area contributed by atoms with Gasteiger partial charge in [0.25, 0.3) is 0 Å². The molecule has 0 aliphatic heterocycles. The van der Waals surface area contributed by atoms with Crippen LogP contribution >= 0.6 is 0 Å². The van der Waals surface area contributed by atoms with Gasteiger partial charge in [-0.15, -0.1) is 0 Å². The Kier molecular flexibility index (Phi) is 4.32. The van der Waals surface area contributed by atoms with Crippen molar-refractivity contribution in [3.63, 3.8) is 0 Å². The molecule has 3 N–H and O–H groups in total. The molecule has 0 saturated heterocycles. The molecular formula is C10H17N3O. The van der Waals surface area contributed by atoms with Crippen LogP contribution in [0.5, 0.6) is 0 Å². The third kappa shape index (κ3) is 3.30. The van der Waals surface area contributed by atoms with E-state index in [9.17, 15) is 4.79 Å². The second-order valence-corrected chi connectivity index (χ2v) is 3.44. The molecule has 1 rings (SSSR count). The average molecular weight is 195 g/mol. The molecule has 0 fully saturated rings. The van der Waals surface area contributed by atoms with Gasteiger partial charge in [0.15, 0.2) is 0 Å². The molecular weight excluding hydrogens is 178 g/mol. The van der Waals surface area contributed by atoms with E-state index in [2.05, 4.69) is 16.9 Å². The van der Waals surface area contributed by atoms with E-state index in [1.54, 1.807) is 12.5 Å². The second-order valence-electron chi connectivity index (χ2n) is 3.44. The third-order valence-electron chi connectivity index (χ3n) is 2.17. The lowest BCUT2D eigenvalue weighted by atomic mass is 10.0. The van der Waals surface area contributed by atoms with Crippen molar-refractivity contribution in [2.75, 3.05) is 0 Å². The summed E-state index contributed by atoms with van der Waals surface area (Å²) in [5.74, 6) is 0.134. The molecule has 78 valence electrons. The minimum absolute atomic E-state index is 0.134. The Bertz CT molecular complexity index is 269. The number of hydrogen-bond acceptors (Lipinski definition) is 3. The standard InChI is InChI=1S/C10H17N3O/c1-2-3-4-10(14)9(11)5-8-6-12-7-13-8/h6-7,9H,2-5,11H2,1H3,(H,12,13)/t9-/m0/s1. The summed E-state index contributed by atoms with van der Waals surface area (Å²) in [6, 6.07) is -0.398. The Labute approximate surface area is 83.9 Å². The minimum Gasteiger partial charge on any atom is -0.351 e. The largest absolute Gasteiger partial charge is 0.351 e. The summed E-state index contributed by atoms with van der Waals surface area (Å²) in [7, 11) is 0. The summed E-state index contributed by atoms with van der Waals surface area (Å²) in [6.45, 7) is 2.06. The smallest absolute Gasteiger partial charge is 0.149 e. The van der Waals surface area contributed by atoms with Crippen molar-refractivity contribution >= 4 is 5.78 Å². The second kappa shape index (κ2) is 5.54. The predicted molar refractivity (Wildman–Crippen MR) is 54.8 cm³/mol. The maximum Gasteiger partial charge on any atom is 0.149 e. The van der Waals surface area contributed by atoms with Crippen LogP contribution < -0.4 is 5.73 Å².